The first-order valence-electron chi connectivity index (χ1n) is 7.39. The molecule has 0 atom stereocenters. The Bertz CT molecular complexity index is 945. The van der Waals surface area contributed by atoms with E-state index in [9.17, 15) is 14.9 Å². The third kappa shape index (κ3) is 4.74. The zero-order valence-electron chi connectivity index (χ0n) is 13.2. The summed E-state index contributed by atoms with van der Waals surface area (Å²) in [6.45, 7) is 0. The molecule has 0 unspecified atom stereocenters. The number of amides is 2. The topological polar surface area (TPSA) is 110 Å². The number of hydrogen-bond acceptors (Lipinski definition) is 6. The van der Waals surface area contributed by atoms with E-state index < -0.39 is 11.0 Å². The zero-order valence-corrected chi connectivity index (χ0v) is 14.8. The number of halogens is 1. The van der Waals surface area contributed by atoms with Crippen LogP contribution >= 0.6 is 22.9 Å². The Morgan fingerprint density at radius 1 is 1.15 bits per heavy atom. The monoisotopic (exact) mass is 389 g/mol. The average molecular weight is 390 g/mol. The fourth-order valence-electron chi connectivity index (χ4n) is 2.11. The van der Waals surface area contributed by atoms with Crippen LogP contribution in [0.4, 0.5) is 21.3 Å². The van der Waals surface area contributed by atoms with Gasteiger partial charge in [0.05, 0.1) is 4.92 Å². The summed E-state index contributed by atoms with van der Waals surface area (Å²) in [5.41, 5.74) is 1.46. The van der Waals surface area contributed by atoms with Gasteiger partial charge in [0.1, 0.15) is 5.01 Å². The smallest absolute Gasteiger partial charge is 0.308 e. The van der Waals surface area contributed by atoms with Gasteiger partial charge in [-0.25, -0.2) is 4.79 Å². The molecule has 2 aromatic carbocycles. The van der Waals surface area contributed by atoms with Gasteiger partial charge in [-0.05, 0) is 23.8 Å². The molecule has 0 bridgehead atoms. The number of carbonyl (C=O) groups is 1. The third-order valence-corrected chi connectivity index (χ3v) is 4.35. The van der Waals surface area contributed by atoms with E-state index in [4.69, 9.17) is 11.6 Å². The molecule has 0 saturated carbocycles. The Balaban J connectivity index is 1.59. The highest BCUT2D eigenvalue weighted by atomic mass is 35.5. The molecule has 8 nitrogen and oxygen atoms in total. The van der Waals surface area contributed by atoms with Crippen LogP contribution in [0.25, 0.3) is 0 Å². The summed E-state index contributed by atoms with van der Waals surface area (Å²) in [4.78, 5) is 22.2. The normalized spacial score (nSPS) is 10.3. The molecule has 0 saturated heterocycles. The van der Waals surface area contributed by atoms with Gasteiger partial charge in [0.25, 0.3) is 5.69 Å². The van der Waals surface area contributed by atoms with Gasteiger partial charge in [0.15, 0.2) is 0 Å². The average Bonchev–Trinajstić information content (AvgIpc) is 3.02. The number of nitrogens with zero attached hydrogens (tertiary/aromatic N) is 3. The van der Waals surface area contributed by atoms with Crippen LogP contribution in [-0.4, -0.2) is 21.2 Å². The number of nitrogens with one attached hydrogen (secondary N) is 2. The Labute approximate surface area is 157 Å². The second-order valence-electron chi connectivity index (χ2n) is 5.19. The highest BCUT2D eigenvalue weighted by Gasteiger charge is 2.10. The van der Waals surface area contributed by atoms with Gasteiger partial charge >= 0.3 is 6.03 Å². The van der Waals surface area contributed by atoms with Crippen LogP contribution in [0.2, 0.25) is 5.02 Å². The molecular weight excluding hydrogens is 378 g/mol. The van der Waals surface area contributed by atoms with Crippen LogP contribution in [0.1, 0.15) is 10.6 Å². The van der Waals surface area contributed by atoms with E-state index in [1.165, 1.54) is 23.5 Å². The minimum absolute atomic E-state index is 0.0334. The van der Waals surface area contributed by atoms with E-state index in [2.05, 4.69) is 20.8 Å². The minimum atomic E-state index is -0.453. The van der Waals surface area contributed by atoms with Gasteiger partial charge in [-0.2, -0.15) is 0 Å². The number of carbonyl (C=O) groups excluding carboxylic acids is 1. The molecule has 0 fully saturated rings. The van der Waals surface area contributed by atoms with Crippen molar-refractivity contribution in [1.29, 1.82) is 0 Å². The van der Waals surface area contributed by atoms with Crippen LogP contribution in [0.3, 0.4) is 0 Å². The number of urea groups is 1. The number of nitro benzene ring substituents is 1. The maximum Gasteiger partial charge on any atom is 0.325 e. The molecule has 0 radical (unpaired) electrons. The number of anilines is 2. The molecule has 1 aromatic heterocycles. The van der Waals surface area contributed by atoms with Crippen molar-refractivity contribution >= 4 is 45.5 Å². The van der Waals surface area contributed by atoms with Crippen LogP contribution in [0.5, 0.6) is 0 Å². The van der Waals surface area contributed by atoms with E-state index in [-0.39, 0.29) is 5.69 Å². The van der Waals surface area contributed by atoms with E-state index in [0.29, 0.717) is 27.3 Å². The highest BCUT2D eigenvalue weighted by molar-refractivity contribution is 7.15. The summed E-state index contributed by atoms with van der Waals surface area (Å²) < 4.78 is 0. The zero-order chi connectivity index (χ0) is 18.5. The standard InChI is InChI=1S/C16H12ClN5O3S/c17-11-2-1-3-12(9-11)18-15(23)19-16-21-20-14(26-16)8-10-4-6-13(7-5-10)22(24)25/h1-7,9H,8H2,(H2,18,19,21,23). The number of benzene rings is 2. The van der Waals surface area contributed by atoms with E-state index in [1.54, 1.807) is 36.4 Å². The lowest BCUT2D eigenvalue weighted by molar-refractivity contribution is -0.384. The van der Waals surface area contributed by atoms with Crippen LogP contribution in [-0.2, 0) is 6.42 Å². The quantitative estimate of drug-likeness (QED) is 0.498. The first-order valence-corrected chi connectivity index (χ1v) is 8.58. The van der Waals surface area contributed by atoms with Crippen LogP contribution < -0.4 is 10.6 Å². The SMILES string of the molecule is O=C(Nc1cccc(Cl)c1)Nc1nnc(Cc2ccc([N+](=O)[O-])cc2)s1. The largest absolute Gasteiger partial charge is 0.325 e. The van der Waals surface area contributed by atoms with E-state index in [0.717, 1.165) is 5.56 Å². The summed E-state index contributed by atoms with van der Waals surface area (Å²) in [5, 5.41) is 25.4. The molecule has 2 N–H and O–H groups in total. The van der Waals surface area contributed by atoms with Crippen molar-refractivity contribution in [3.05, 3.63) is 74.2 Å². The number of aromatic nitrogens is 2. The van der Waals surface area contributed by atoms with Crippen LogP contribution in [0.15, 0.2) is 48.5 Å². The van der Waals surface area contributed by atoms with Crippen molar-refractivity contribution in [2.75, 3.05) is 10.6 Å². The predicted molar refractivity (Wildman–Crippen MR) is 99.9 cm³/mol. The van der Waals surface area contributed by atoms with Gasteiger partial charge in [0, 0.05) is 29.3 Å². The molecule has 132 valence electrons. The number of hydrogen-bond donors (Lipinski definition) is 2. The summed E-state index contributed by atoms with van der Waals surface area (Å²) in [6, 6.07) is 12.5. The van der Waals surface area contributed by atoms with Crippen molar-refractivity contribution in [3.8, 4) is 0 Å². The van der Waals surface area contributed by atoms with Gasteiger partial charge in [-0.15, -0.1) is 10.2 Å². The molecule has 3 aromatic rings. The van der Waals surface area contributed by atoms with Gasteiger partial charge in [0.2, 0.25) is 5.13 Å². The van der Waals surface area contributed by atoms with Crippen molar-refractivity contribution in [2.24, 2.45) is 0 Å². The van der Waals surface area contributed by atoms with Crippen molar-refractivity contribution in [1.82, 2.24) is 10.2 Å². The molecule has 3 rings (SSSR count). The molecule has 0 aliphatic rings. The molecule has 10 heteroatoms. The summed E-state index contributed by atoms with van der Waals surface area (Å²) in [5.74, 6) is 0. The number of non-ortho nitro benzene ring substituents is 1. The highest BCUT2D eigenvalue weighted by Crippen LogP contribution is 2.21. The summed E-state index contributed by atoms with van der Waals surface area (Å²) in [7, 11) is 0. The van der Waals surface area contributed by atoms with Gasteiger partial charge < -0.3 is 5.32 Å². The fourth-order valence-corrected chi connectivity index (χ4v) is 3.07. The number of rotatable bonds is 5. The first kappa shape index (κ1) is 17.8. The lowest BCUT2D eigenvalue weighted by Gasteiger charge is -2.04. The molecule has 26 heavy (non-hydrogen) atoms. The lowest BCUT2D eigenvalue weighted by atomic mass is 10.1. The Morgan fingerprint density at radius 2 is 1.92 bits per heavy atom. The van der Waals surface area contributed by atoms with Crippen molar-refractivity contribution in [2.45, 2.75) is 6.42 Å². The van der Waals surface area contributed by atoms with Crippen molar-refractivity contribution in [3.63, 3.8) is 0 Å². The van der Waals surface area contributed by atoms with Crippen LogP contribution in [0, 0.1) is 10.1 Å². The molecule has 1 heterocycles. The fraction of sp³-hybridized carbons (Fsp3) is 0.0625. The molecule has 2 amide bonds. The summed E-state index contributed by atoms with van der Waals surface area (Å²) in [6.07, 6.45) is 0.466. The summed E-state index contributed by atoms with van der Waals surface area (Å²) >= 11 is 7.09. The predicted octanol–water partition coefficient (Wildman–Crippen LogP) is 4.33. The molecule has 0 spiro atoms. The first-order chi connectivity index (χ1) is 12.5. The molecule has 0 aliphatic carbocycles. The second kappa shape index (κ2) is 7.89. The maximum atomic E-state index is 12.0. The van der Waals surface area contributed by atoms with E-state index >= 15 is 0 Å². The number of nitro groups is 1. The van der Waals surface area contributed by atoms with Gasteiger partial charge in [-0.1, -0.05) is 41.1 Å². The van der Waals surface area contributed by atoms with E-state index in [1.807, 2.05) is 0 Å². The Kier molecular flexibility index (Phi) is 5.40. The Morgan fingerprint density at radius 3 is 2.62 bits per heavy atom. The van der Waals surface area contributed by atoms with Crippen molar-refractivity contribution < 1.29 is 9.72 Å². The Hall–Kier alpha value is -3.04. The molecule has 0 aliphatic heterocycles. The minimum Gasteiger partial charge on any atom is -0.308 e. The maximum absolute atomic E-state index is 12.0. The second-order valence-corrected chi connectivity index (χ2v) is 6.69. The molecular formula is C16H12ClN5O3S. The lowest BCUT2D eigenvalue weighted by Crippen LogP contribution is -2.19. The van der Waals surface area contributed by atoms with Gasteiger partial charge in [-0.3, -0.25) is 15.4 Å². The third-order valence-electron chi connectivity index (χ3n) is 3.27.